The maximum atomic E-state index is 9.58. The van der Waals surface area contributed by atoms with E-state index in [1.54, 1.807) is 0 Å². The number of hydrogen-bond donors (Lipinski definition) is 4. The lowest BCUT2D eigenvalue weighted by Crippen LogP contribution is -2.30. The van der Waals surface area contributed by atoms with Gasteiger partial charge in [0.2, 0.25) is 5.95 Å². The van der Waals surface area contributed by atoms with Gasteiger partial charge in [0.15, 0.2) is 0 Å². The highest BCUT2D eigenvalue weighted by Gasteiger charge is 2.33. The molecular formula is C13H23N5O. The number of aromatic nitrogens is 2. The highest BCUT2D eigenvalue weighted by molar-refractivity contribution is 5.51. The van der Waals surface area contributed by atoms with Gasteiger partial charge in [-0.2, -0.15) is 9.97 Å². The summed E-state index contributed by atoms with van der Waals surface area (Å²) in [5.74, 6) is 1.69. The molecule has 1 heterocycles. The standard InChI is InChI=1S/C13H23N5O/c1-2-15-10-7-11(18-12(14)17-10)16-8-13(9-19)5-3-4-6-13/h7,19H,2-6,8-9H2,1H3,(H4,14,15,16,17,18). The van der Waals surface area contributed by atoms with Crippen LogP contribution >= 0.6 is 0 Å². The van der Waals surface area contributed by atoms with E-state index in [1.807, 2.05) is 13.0 Å². The number of nitrogens with zero attached hydrogens (tertiary/aromatic N) is 2. The second-order valence-corrected chi connectivity index (χ2v) is 5.25. The molecule has 0 spiro atoms. The Labute approximate surface area is 113 Å². The summed E-state index contributed by atoms with van der Waals surface area (Å²) in [6.07, 6.45) is 4.52. The van der Waals surface area contributed by atoms with Gasteiger partial charge in [0.1, 0.15) is 11.6 Å². The lowest BCUT2D eigenvalue weighted by molar-refractivity contribution is 0.142. The molecular weight excluding hydrogens is 242 g/mol. The molecule has 0 aliphatic heterocycles. The molecule has 1 aromatic rings. The SMILES string of the molecule is CCNc1cc(NCC2(CO)CCCC2)nc(N)n1. The number of hydrogen-bond acceptors (Lipinski definition) is 6. The molecule has 6 nitrogen and oxygen atoms in total. The van der Waals surface area contributed by atoms with Crippen LogP contribution in [0.25, 0.3) is 0 Å². The van der Waals surface area contributed by atoms with Gasteiger partial charge in [0.25, 0.3) is 0 Å². The first-order valence-corrected chi connectivity index (χ1v) is 6.91. The molecule has 0 saturated heterocycles. The third-order valence-electron chi connectivity index (χ3n) is 3.75. The van der Waals surface area contributed by atoms with E-state index in [9.17, 15) is 5.11 Å². The molecule has 106 valence electrons. The van der Waals surface area contributed by atoms with Gasteiger partial charge in [-0.3, -0.25) is 0 Å². The molecule has 0 atom stereocenters. The van der Waals surface area contributed by atoms with E-state index in [1.165, 1.54) is 12.8 Å². The van der Waals surface area contributed by atoms with Gasteiger partial charge in [0.05, 0.1) is 6.61 Å². The molecule has 5 N–H and O–H groups in total. The fraction of sp³-hybridized carbons (Fsp3) is 0.692. The van der Waals surface area contributed by atoms with Crippen molar-refractivity contribution in [2.75, 3.05) is 36.1 Å². The van der Waals surface area contributed by atoms with Crippen molar-refractivity contribution in [3.8, 4) is 0 Å². The second-order valence-electron chi connectivity index (χ2n) is 5.25. The summed E-state index contributed by atoms with van der Waals surface area (Å²) in [7, 11) is 0. The van der Waals surface area contributed by atoms with E-state index < -0.39 is 0 Å². The molecule has 1 aliphatic carbocycles. The highest BCUT2D eigenvalue weighted by atomic mass is 16.3. The topological polar surface area (TPSA) is 96.1 Å². The van der Waals surface area contributed by atoms with Crippen LogP contribution in [0.1, 0.15) is 32.6 Å². The van der Waals surface area contributed by atoms with Crippen LogP contribution in [-0.2, 0) is 0 Å². The Kier molecular flexibility index (Phi) is 4.42. The first kappa shape index (κ1) is 13.9. The number of aliphatic hydroxyl groups is 1. The molecule has 0 aromatic carbocycles. The van der Waals surface area contributed by atoms with Crippen LogP contribution in [0, 0.1) is 5.41 Å². The summed E-state index contributed by atoms with van der Waals surface area (Å²) in [4.78, 5) is 8.28. The van der Waals surface area contributed by atoms with Crippen molar-refractivity contribution >= 4 is 17.6 Å². The monoisotopic (exact) mass is 265 g/mol. The van der Waals surface area contributed by atoms with Crippen molar-refractivity contribution < 1.29 is 5.11 Å². The van der Waals surface area contributed by atoms with Crippen LogP contribution in [0.5, 0.6) is 0 Å². The lowest BCUT2D eigenvalue weighted by Gasteiger charge is -2.26. The molecule has 1 saturated carbocycles. The van der Waals surface area contributed by atoms with Crippen molar-refractivity contribution in [3.05, 3.63) is 6.07 Å². The van der Waals surface area contributed by atoms with Gasteiger partial charge in [-0.1, -0.05) is 12.8 Å². The van der Waals surface area contributed by atoms with Crippen molar-refractivity contribution in [1.82, 2.24) is 9.97 Å². The molecule has 6 heteroatoms. The lowest BCUT2D eigenvalue weighted by atomic mass is 9.87. The largest absolute Gasteiger partial charge is 0.396 e. The summed E-state index contributed by atoms with van der Waals surface area (Å²) in [6, 6.07) is 1.85. The van der Waals surface area contributed by atoms with E-state index in [-0.39, 0.29) is 18.0 Å². The maximum Gasteiger partial charge on any atom is 0.223 e. The fourth-order valence-corrected chi connectivity index (χ4v) is 2.62. The van der Waals surface area contributed by atoms with Gasteiger partial charge in [-0.05, 0) is 19.8 Å². The number of rotatable bonds is 6. The first-order valence-electron chi connectivity index (χ1n) is 6.91. The molecule has 0 radical (unpaired) electrons. The van der Waals surface area contributed by atoms with E-state index in [0.717, 1.165) is 31.7 Å². The van der Waals surface area contributed by atoms with Gasteiger partial charge in [-0.15, -0.1) is 0 Å². The minimum absolute atomic E-state index is 0.00192. The summed E-state index contributed by atoms with van der Waals surface area (Å²) < 4.78 is 0. The molecule has 1 aromatic heterocycles. The first-order chi connectivity index (χ1) is 9.17. The van der Waals surface area contributed by atoms with Gasteiger partial charge in [0, 0.05) is 24.6 Å². The minimum Gasteiger partial charge on any atom is -0.396 e. The third-order valence-corrected chi connectivity index (χ3v) is 3.75. The summed E-state index contributed by atoms with van der Waals surface area (Å²) in [5.41, 5.74) is 5.69. The molecule has 1 fully saturated rings. The van der Waals surface area contributed by atoms with Crippen molar-refractivity contribution in [3.63, 3.8) is 0 Å². The van der Waals surface area contributed by atoms with Crippen LogP contribution in [0.15, 0.2) is 6.07 Å². The van der Waals surface area contributed by atoms with Crippen LogP contribution in [0.4, 0.5) is 17.6 Å². The zero-order valence-electron chi connectivity index (χ0n) is 11.4. The quantitative estimate of drug-likeness (QED) is 0.622. The smallest absolute Gasteiger partial charge is 0.223 e. The number of nitrogens with two attached hydrogens (primary N) is 1. The summed E-state index contributed by atoms with van der Waals surface area (Å²) in [6.45, 7) is 3.74. The van der Waals surface area contributed by atoms with Gasteiger partial charge >= 0.3 is 0 Å². The minimum atomic E-state index is -0.00192. The van der Waals surface area contributed by atoms with E-state index in [2.05, 4.69) is 20.6 Å². The number of aliphatic hydroxyl groups excluding tert-OH is 1. The zero-order valence-corrected chi connectivity index (χ0v) is 11.4. The normalized spacial score (nSPS) is 17.4. The fourth-order valence-electron chi connectivity index (χ4n) is 2.62. The van der Waals surface area contributed by atoms with Gasteiger partial charge in [-0.25, -0.2) is 0 Å². The van der Waals surface area contributed by atoms with Crippen LogP contribution < -0.4 is 16.4 Å². The van der Waals surface area contributed by atoms with E-state index in [4.69, 9.17) is 5.73 Å². The van der Waals surface area contributed by atoms with Crippen LogP contribution in [0.3, 0.4) is 0 Å². The molecule has 0 unspecified atom stereocenters. The molecule has 0 amide bonds. The Bertz CT molecular complexity index is 417. The van der Waals surface area contributed by atoms with Crippen molar-refractivity contribution in [1.29, 1.82) is 0 Å². The summed E-state index contributed by atoms with van der Waals surface area (Å²) in [5, 5.41) is 16.0. The van der Waals surface area contributed by atoms with Crippen molar-refractivity contribution in [2.24, 2.45) is 5.41 Å². The molecule has 0 bridgehead atoms. The Morgan fingerprint density at radius 1 is 1.26 bits per heavy atom. The number of anilines is 3. The average Bonchev–Trinajstić information content (AvgIpc) is 2.86. The number of nitrogens with one attached hydrogen (secondary N) is 2. The Morgan fingerprint density at radius 3 is 2.47 bits per heavy atom. The Morgan fingerprint density at radius 2 is 1.89 bits per heavy atom. The van der Waals surface area contributed by atoms with E-state index >= 15 is 0 Å². The third kappa shape index (κ3) is 3.47. The highest BCUT2D eigenvalue weighted by Crippen LogP contribution is 2.37. The van der Waals surface area contributed by atoms with Gasteiger partial charge < -0.3 is 21.5 Å². The Balaban J connectivity index is 2.02. The second kappa shape index (κ2) is 6.06. The number of nitrogen functional groups attached to an aromatic ring is 1. The van der Waals surface area contributed by atoms with E-state index in [0.29, 0.717) is 5.82 Å². The average molecular weight is 265 g/mol. The molecule has 2 rings (SSSR count). The van der Waals surface area contributed by atoms with Crippen LogP contribution in [0.2, 0.25) is 0 Å². The maximum absolute atomic E-state index is 9.58. The van der Waals surface area contributed by atoms with Crippen LogP contribution in [-0.4, -0.2) is 34.8 Å². The predicted molar refractivity (Wildman–Crippen MR) is 77.1 cm³/mol. The van der Waals surface area contributed by atoms with Crippen molar-refractivity contribution in [2.45, 2.75) is 32.6 Å². The molecule has 1 aliphatic rings. The predicted octanol–water partition coefficient (Wildman–Crippen LogP) is 1.46. The Hall–Kier alpha value is -1.56. The molecule has 19 heavy (non-hydrogen) atoms. The zero-order chi connectivity index (χ0) is 13.7. The summed E-state index contributed by atoms with van der Waals surface area (Å²) >= 11 is 0.